The van der Waals surface area contributed by atoms with Gasteiger partial charge in [0.25, 0.3) is 0 Å². The van der Waals surface area contributed by atoms with Gasteiger partial charge in [-0.15, -0.1) is 12.4 Å². The molecular weight excluding hydrogens is 324 g/mol. The Labute approximate surface area is 151 Å². The number of benzene rings is 1. The number of halogens is 1. The molecule has 2 aliphatic rings. The highest BCUT2D eigenvalue weighted by atomic mass is 35.5. The molecule has 2 atom stereocenters. The quantitative estimate of drug-likeness (QED) is 0.909. The molecule has 1 aromatic rings. The molecule has 4 nitrogen and oxygen atoms in total. The number of carbonyl (C=O) groups is 1. The van der Waals surface area contributed by atoms with Crippen LogP contribution < -0.4 is 5.73 Å². The van der Waals surface area contributed by atoms with Crippen LogP contribution >= 0.6 is 12.4 Å². The minimum absolute atomic E-state index is 0. The second-order valence-corrected chi connectivity index (χ2v) is 6.84. The number of hydrogen-bond donors (Lipinski definition) is 1. The van der Waals surface area contributed by atoms with Crippen molar-refractivity contribution in [3.8, 4) is 0 Å². The molecule has 0 spiro atoms. The van der Waals surface area contributed by atoms with E-state index in [-0.39, 0.29) is 30.3 Å². The van der Waals surface area contributed by atoms with Crippen molar-refractivity contribution in [1.29, 1.82) is 0 Å². The van der Waals surface area contributed by atoms with Gasteiger partial charge in [-0.2, -0.15) is 0 Å². The van der Waals surface area contributed by atoms with E-state index in [0.29, 0.717) is 5.92 Å². The molecule has 2 unspecified atom stereocenters. The van der Waals surface area contributed by atoms with E-state index < -0.39 is 0 Å². The number of hydrogen-bond acceptors (Lipinski definition) is 3. The van der Waals surface area contributed by atoms with Crippen LogP contribution in [0.2, 0.25) is 0 Å². The molecular formula is C19H29ClN2O2. The molecule has 0 radical (unpaired) electrons. The fourth-order valence-electron chi connectivity index (χ4n) is 3.86. The monoisotopic (exact) mass is 352 g/mol. The average molecular weight is 353 g/mol. The zero-order valence-corrected chi connectivity index (χ0v) is 15.0. The highest BCUT2D eigenvalue weighted by molar-refractivity contribution is 5.85. The van der Waals surface area contributed by atoms with Crippen molar-refractivity contribution in [3.05, 3.63) is 35.9 Å². The second-order valence-electron chi connectivity index (χ2n) is 6.84. The van der Waals surface area contributed by atoms with Crippen molar-refractivity contribution in [2.45, 2.75) is 44.1 Å². The Morgan fingerprint density at radius 3 is 2.50 bits per heavy atom. The number of nitrogens with zero attached hydrogens (tertiary/aromatic N) is 1. The normalized spacial score (nSPS) is 23.9. The zero-order chi connectivity index (χ0) is 16.1. The van der Waals surface area contributed by atoms with Crippen molar-refractivity contribution >= 4 is 18.3 Å². The van der Waals surface area contributed by atoms with Crippen molar-refractivity contribution in [2.75, 3.05) is 26.3 Å². The number of carbonyl (C=O) groups excluding carboxylic acids is 1. The summed E-state index contributed by atoms with van der Waals surface area (Å²) in [6.07, 6.45) is 5.07. The Morgan fingerprint density at radius 2 is 1.79 bits per heavy atom. The molecule has 0 aliphatic carbocycles. The maximum Gasteiger partial charge on any atom is 0.239 e. The van der Waals surface area contributed by atoms with Gasteiger partial charge in [0.2, 0.25) is 5.91 Å². The minimum atomic E-state index is -0.354. The van der Waals surface area contributed by atoms with Gasteiger partial charge in [-0.05, 0) is 49.5 Å². The number of likely N-dealkylation sites (tertiary alicyclic amines) is 1. The van der Waals surface area contributed by atoms with Gasteiger partial charge in [-0.25, -0.2) is 0 Å². The van der Waals surface area contributed by atoms with Crippen LogP contribution in [0.1, 0.15) is 43.6 Å². The topological polar surface area (TPSA) is 55.6 Å². The van der Waals surface area contributed by atoms with E-state index in [0.717, 1.165) is 58.4 Å². The van der Waals surface area contributed by atoms with Gasteiger partial charge in [0.15, 0.2) is 0 Å². The summed E-state index contributed by atoms with van der Waals surface area (Å²) in [6, 6.07) is 10.3. The van der Waals surface area contributed by atoms with Gasteiger partial charge in [0.05, 0.1) is 6.04 Å². The average Bonchev–Trinajstić information content (AvgIpc) is 2.88. The predicted molar refractivity (Wildman–Crippen MR) is 98.4 cm³/mol. The fraction of sp³-hybridized carbons (Fsp3) is 0.632. The standard InChI is InChI=1S/C19H28N2O2.ClH/c20-18(17-9-13-23-14-10-17)19(22)21-11-4-7-16(8-12-21)15-5-2-1-3-6-15;/h1-3,5-6,16-18H,4,7-14,20H2;1H. The first kappa shape index (κ1) is 19.2. The molecule has 24 heavy (non-hydrogen) atoms. The molecule has 1 aromatic carbocycles. The van der Waals surface area contributed by atoms with Gasteiger partial charge in [0, 0.05) is 26.3 Å². The van der Waals surface area contributed by atoms with E-state index in [1.807, 2.05) is 4.90 Å². The van der Waals surface area contributed by atoms with Crippen LogP contribution in [0.5, 0.6) is 0 Å². The van der Waals surface area contributed by atoms with E-state index in [1.165, 1.54) is 5.56 Å². The Bertz CT molecular complexity index is 505. The van der Waals surface area contributed by atoms with E-state index in [9.17, 15) is 4.79 Å². The number of nitrogens with two attached hydrogens (primary N) is 1. The maximum atomic E-state index is 12.8. The summed E-state index contributed by atoms with van der Waals surface area (Å²) in [7, 11) is 0. The first-order chi connectivity index (χ1) is 11.3. The summed E-state index contributed by atoms with van der Waals surface area (Å²) in [6.45, 7) is 3.15. The molecule has 2 heterocycles. The zero-order valence-electron chi connectivity index (χ0n) is 14.2. The lowest BCUT2D eigenvalue weighted by molar-refractivity contribution is -0.134. The van der Waals surface area contributed by atoms with Crippen molar-refractivity contribution < 1.29 is 9.53 Å². The second kappa shape index (κ2) is 9.40. The van der Waals surface area contributed by atoms with Crippen LogP contribution in [0.3, 0.4) is 0 Å². The van der Waals surface area contributed by atoms with Crippen molar-refractivity contribution in [1.82, 2.24) is 4.90 Å². The summed E-state index contributed by atoms with van der Waals surface area (Å²) >= 11 is 0. The fourth-order valence-corrected chi connectivity index (χ4v) is 3.86. The van der Waals surface area contributed by atoms with Gasteiger partial charge < -0.3 is 15.4 Å². The Hall–Kier alpha value is -1.10. The Kier molecular flexibility index (Phi) is 7.53. The molecule has 1 amide bonds. The molecule has 2 saturated heterocycles. The van der Waals surface area contributed by atoms with Gasteiger partial charge in [-0.1, -0.05) is 30.3 Å². The largest absolute Gasteiger partial charge is 0.381 e. The lowest BCUT2D eigenvalue weighted by atomic mass is 9.91. The summed E-state index contributed by atoms with van der Waals surface area (Å²) in [5.74, 6) is 0.989. The van der Waals surface area contributed by atoms with Gasteiger partial charge >= 0.3 is 0 Å². The molecule has 134 valence electrons. The van der Waals surface area contributed by atoms with E-state index in [2.05, 4.69) is 30.3 Å². The molecule has 2 aliphatic heterocycles. The lowest BCUT2D eigenvalue weighted by Crippen LogP contribution is -2.49. The number of amides is 1. The summed E-state index contributed by atoms with van der Waals surface area (Å²) < 4.78 is 5.38. The first-order valence-corrected chi connectivity index (χ1v) is 8.93. The van der Waals surface area contributed by atoms with Crippen LogP contribution in [-0.2, 0) is 9.53 Å². The highest BCUT2D eigenvalue weighted by Gasteiger charge is 2.31. The SMILES string of the molecule is Cl.NC(C(=O)N1CCCC(c2ccccc2)CC1)C1CCOCC1. The van der Waals surface area contributed by atoms with E-state index >= 15 is 0 Å². The minimum Gasteiger partial charge on any atom is -0.381 e. The molecule has 0 bridgehead atoms. The van der Waals surface area contributed by atoms with Crippen LogP contribution in [0.4, 0.5) is 0 Å². The van der Waals surface area contributed by atoms with E-state index in [1.54, 1.807) is 0 Å². The third kappa shape index (κ3) is 4.71. The van der Waals surface area contributed by atoms with Gasteiger partial charge in [-0.3, -0.25) is 4.79 Å². The van der Waals surface area contributed by atoms with Crippen LogP contribution in [-0.4, -0.2) is 43.2 Å². The molecule has 0 aromatic heterocycles. The number of rotatable bonds is 3. The summed E-state index contributed by atoms with van der Waals surface area (Å²) in [5, 5.41) is 0. The maximum absolute atomic E-state index is 12.8. The first-order valence-electron chi connectivity index (χ1n) is 8.93. The van der Waals surface area contributed by atoms with Crippen molar-refractivity contribution in [3.63, 3.8) is 0 Å². The van der Waals surface area contributed by atoms with Crippen molar-refractivity contribution in [2.24, 2.45) is 11.7 Å². The van der Waals surface area contributed by atoms with Crippen LogP contribution in [0, 0.1) is 5.92 Å². The Morgan fingerprint density at radius 1 is 1.08 bits per heavy atom. The van der Waals surface area contributed by atoms with Crippen LogP contribution in [0.15, 0.2) is 30.3 Å². The predicted octanol–water partition coefficient (Wildman–Crippen LogP) is 2.96. The van der Waals surface area contributed by atoms with E-state index in [4.69, 9.17) is 10.5 Å². The van der Waals surface area contributed by atoms with Crippen LogP contribution in [0.25, 0.3) is 0 Å². The summed E-state index contributed by atoms with van der Waals surface area (Å²) in [5.41, 5.74) is 7.67. The smallest absolute Gasteiger partial charge is 0.239 e. The van der Waals surface area contributed by atoms with Gasteiger partial charge in [0.1, 0.15) is 0 Å². The third-order valence-electron chi connectivity index (χ3n) is 5.37. The summed E-state index contributed by atoms with van der Waals surface area (Å²) in [4.78, 5) is 14.8. The molecule has 2 fully saturated rings. The lowest BCUT2D eigenvalue weighted by Gasteiger charge is -2.31. The molecule has 3 rings (SSSR count). The highest BCUT2D eigenvalue weighted by Crippen LogP contribution is 2.28. The molecule has 5 heteroatoms. The number of ether oxygens (including phenoxy) is 1. The third-order valence-corrected chi connectivity index (χ3v) is 5.37. The molecule has 0 saturated carbocycles. The Balaban J connectivity index is 0.00000208. The molecule has 2 N–H and O–H groups in total.